The van der Waals surface area contributed by atoms with Crippen LogP contribution in [0.5, 0.6) is 0 Å². The zero-order chi connectivity index (χ0) is 17.9. The Kier molecular flexibility index (Phi) is 5.02. The molecule has 0 bridgehead atoms. The van der Waals surface area contributed by atoms with E-state index < -0.39 is 0 Å². The van der Waals surface area contributed by atoms with Crippen LogP contribution in [-0.2, 0) is 11.2 Å². The summed E-state index contributed by atoms with van der Waals surface area (Å²) in [5.74, 6) is 2.14. The molecule has 0 unspecified atom stereocenters. The van der Waals surface area contributed by atoms with Crippen molar-refractivity contribution in [3.05, 3.63) is 42.1 Å². The molecular weight excluding hydrogens is 326 g/mol. The van der Waals surface area contributed by atoms with Crippen molar-refractivity contribution in [3.8, 4) is 5.82 Å². The van der Waals surface area contributed by atoms with Crippen molar-refractivity contribution in [1.82, 2.24) is 24.3 Å². The molecule has 2 aliphatic rings. The Hall–Kier alpha value is -2.21. The quantitative estimate of drug-likeness (QED) is 0.829. The number of likely N-dealkylation sites (tertiary alicyclic amines) is 2. The zero-order valence-electron chi connectivity index (χ0n) is 15.5. The molecule has 0 aliphatic carbocycles. The Morgan fingerprint density at radius 2 is 2.04 bits per heavy atom. The summed E-state index contributed by atoms with van der Waals surface area (Å²) in [4.78, 5) is 26.4. The van der Waals surface area contributed by atoms with E-state index in [1.165, 1.54) is 12.8 Å². The zero-order valence-corrected chi connectivity index (χ0v) is 15.5. The van der Waals surface area contributed by atoms with Gasteiger partial charge in [0.05, 0.1) is 18.3 Å². The molecule has 2 fully saturated rings. The van der Waals surface area contributed by atoms with E-state index in [0.717, 1.165) is 56.2 Å². The maximum absolute atomic E-state index is 12.8. The number of carbonyl (C=O) groups excluding carboxylic acids is 1. The van der Waals surface area contributed by atoms with Crippen molar-refractivity contribution >= 4 is 5.91 Å². The summed E-state index contributed by atoms with van der Waals surface area (Å²) in [6.45, 7) is 5.60. The van der Waals surface area contributed by atoms with Crippen LogP contribution in [-0.4, -0.2) is 56.4 Å². The smallest absolute Gasteiger partial charge is 0.237 e. The third-order valence-electron chi connectivity index (χ3n) is 5.51. The number of hydrogen-bond donors (Lipinski definition) is 0. The number of imidazole rings is 1. The number of hydrogen-bond acceptors (Lipinski definition) is 4. The van der Waals surface area contributed by atoms with E-state index in [1.807, 2.05) is 34.0 Å². The maximum Gasteiger partial charge on any atom is 0.237 e. The third-order valence-corrected chi connectivity index (χ3v) is 5.51. The van der Waals surface area contributed by atoms with Gasteiger partial charge in [-0.05, 0) is 50.9 Å². The van der Waals surface area contributed by atoms with Crippen molar-refractivity contribution in [3.63, 3.8) is 0 Å². The van der Waals surface area contributed by atoms with Gasteiger partial charge >= 0.3 is 0 Å². The van der Waals surface area contributed by atoms with Crippen LogP contribution < -0.4 is 0 Å². The molecule has 1 atom stereocenters. The molecule has 2 saturated heterocycles. The first-order valence-corrected chi connectivity index (χ1v) is 9.77. The van der Waals surface area contributed by atoms with Crippen molar-refractivity contribution in [2.75, 3.05) is 26.2 Å². The predicted molar refractivity (Wildman–Crippen MR) is 100 cm³/mol. The monoisotopic (exact) mass is 353 g/mol. The minimum atomic E-state index is 0.0960. The predicted octanol–water partition coefficient (Wildman–Crippen LogP) is 2.59. The molecule has 6 nitrogen and oxygen atoms in total. The van der Waals surface area contributed by atoms with Gasteiger partial charge in [0.25, 0.3) is 0 Å². The lowest BCUT2D eigenvalue weighted by molar-refractivity contribution is -0.133. The third kappa shape index (κ3) is 3.38. The number of rotatable bonds is 5. The van der Waals surface area contributed by atoms with Crippen molar-refractivity contribution in [2.45, 2.75) is 45.1 Å². The van der Waals surface area contributed by atoms with E-state index in [1.54, 1.807) is 0 Å². The number of amides is 1. The van der Waals surface area contributed by atoms with Crippen LogP contribution >= 0.6 is 0 Å². The molecule has 4 rings (SSSR count). The summed E-state index contributed by atoms with van der Waals surface area (Å²) < 4.78 is 2.04. The van der Waals surface area contributed by atoms with Crippen LogP contribution in [0.4, 0.5) is 0 Å². The summed E-state index contributed by atoms with van der Waals surface area (Å²) in [6, 6.07) is 6.20. The van der Waals surface area contributed by atoms with Crippen LogP contribution in [0, 0.1) is 0 Å². The summed E-state index contributed by atoms with van der Waals surface area (Å²) in [5, 5.41) is 0. The van der Waals surface area contributed by atoms with E-state index in [9.17, 15) is 4.79 Å². The van der Waals surface area contributed by atoms with Crippen molar-refractivity contribution in [2.24, 2.45) is 0 Å². The van der Waals surface area contributed by atoms with Crippen LogP contribution in [0.3, 0.4) is 0 Å². The van der Waals surface area contributed by atoms with Crippen molar-refractivity contribution < 1.29 is 4.79 Å². The van der Waals surface area contributed by atoms with Crippen LogP contribution in [0.15, 0.2) is 30.6 Å². The topological polar surface area (TPSA) is 54.3 Å². The first kappa shape index (κ1) is 17.2. The summed E-state index contributed by atoms with van der Waals surface area (Å²) in [7, 11) is 0. The first-order valence-electron chi connectivity index (χ1n) is 9.77. The Morgan fingerprint density at radius 3 is 2.85 bits per heavy atom. The molecule has 138 valence electrons. The molecule has 2 aliphatic heterocycles. The van der Waals surface area contributed by atoms with Gasteiger partial charge in [-0.25, -0.2) is 9.97 Å². The molecule has 2 aromatic heterocycles. The molecule has 0 N–H and O–H groups in total. The fourth-order valence-corrected chi connectivity index (χ4v) is 4.16. The Labute approximate surface area is 154 Å². The minimum absolute atomic E-state index is 0.0960. The largest absolute Gasteiger partial charge is 0.333 e. The lowest BCUT2D eigenvalue weighted by atomic mass is 10.1. The Morgan fingerprint density at radius 1 is 1.19 bits per heavy atom. The second-order valence-corrected chi connectivity index (χ2v) is 7.22. The average Bonchev–Trinajstić information content (AvgIpc) is 3.41. The SMILES string of the molecule is CCc1nccn1-c1cccc([C@@H]2CCCN2C(=O)CN2CCCC2)n1. The molecule has 6 heteroatoms. The molecule has 2 aromatic rings. The number of nitrogens with zero attached hydrogens (tertiary/aromatic N) is 5. The highest BCUT2D eigenvalue weighted by Gasteiger charge is 2.32. The van der Waals surface area contributed by atoms with E-state index in [-0.39, 0.29) is 11.9 Å². The number of pyridine rings is 1. The molecular formula is C20H27N5O. The van der Waals surface area contributed by atoms with E-state index in [4.69, 9.17) is 4.98 Å². The van der Waals surface area contributed by atoms with E-state index in [2.05, 4.69) is 22.9 Å². The van der Waals surface area contributed by atoms with Gasteiger partial charge in [-0.15, -0.1) is 0 Å². The number of carbonyl (C=O) groups is 1. The highest BCUT2D eigenvalue weighted by atomic mass is 16.2. The molecule has 0 aromatic carbocycles. The van der Waals surface area contributed by atoms with Crippen LogP contribution in [0.1, 0.15) is 50.2 Å². The van der Waals surface area contributed by atoms with Gasteiger partial charge in [-0.3, -0.25) is 14.3 Å². The molecule has 0 saturated carbocycles. The molecule has 0 radical (unpaired) electrons. The first-order chi connectivity index (χ1) is 12.8. The fourth-order valence-electron chi connectivity index (χ4n) is 4.16. The van der Waals surface area contributed by atoms with Gasteiger partial charge < -0.3 is 4.90 Å². The standard InChI is InChI=1S/C20H27N5O/c1-2-18-21-10-14-25(18)19-9-5-7-16(22-19)17-8-6-13-24(17)20(26)15-23-11-3-4-12-23/h5,7,9-10,14,17H,2-4,6,8,11-13,15H2,1H3/t17-/m0/s1. The number of aromatic nitrogens is 3. The van der Waals surface area contributed by atoms with E-state index in [0.29, 0.717) is 6.54 Å². The van der Waals surface area contributed by atoms with E-state index >= 15 is 0 Å². The minimum Gasteiger partial charge on any atom is -0.333 e. The Balaban J connectivity index is 1.54. The van der Waals surface area contributed by atoms with Crippen LogP contribution in [0.25, 0.3) is 5.82 Å². The van der Waals surface area contributed by atoms with Crippen LogP contribution in [0.2, 0.25) is 0 Å². The van der Waals surface area contributed by atoms with Gasteiger partial charge in [-0.2, -0.15) is 0 Å². The average molecular weight is 353 g/mol. The lowest BCUT2D eigenvalue weighted by Crippen LogP contribution is -2.39. The second kappa shape index (κ2) is 7.58. The van der Waals surface area contributed by atoms with Gasteiger partial charge in [-0.1, -0.05) is 13.0 Å². The Bertz CT molecular complexity index is 765. The summed E-state index contributed by atoms with van der Waals surface area (Å²) >= 11 is 0. The summed E-state index contributed by atoms with van der Waals surface area (Å²) in [6.07, 6.45) is 9.10. The van der Waals surface area contributed by atoms with Crippen molar-refractivity contribution in [1.29, 1.82) is 0 Å². The summed E-state index contributed by atoms with van der Waals surface area (Å²) in [5.41, 5.74) is 0.991. The molecule has 4 heterocycles. The van der Waals surface area contributed by atoms with Gasteiger partial charge in [0.2, 0.25) is 5.91 Å². The van der Waals surface area contributed by atoms with Gasteiger partial charge in [0, 0.05) is 25.4 Å². The normalized spacial score (nSPS) is 20.8. The maximum atomic E-state index is 12.8. The molecule has 0 spiro atoms. The lowest BCUT2D eigenvalue weighted by Gasteiger charge is -2.27. The van der Waals surface area contributed by atoms with Gasteiger partial charge in [0.15, 0.2) is 0 Å². The fraction of sp³-hybridized carbons (Fsp3) is 0.550. The molecule has 1 amide bonds. The number of aryl methyl sites for hydroxylation is 1. The second-order valence-electron chi connectivity index (χ2n) is 7.22. The highest BCUT2D eigenvalue weighted by molar-refractivity contribution is 5.79. The molecule has 26 heavy (non-hydrogen) atoms. The highest BCUT2D eigenvalue weighted by Crippen LogP contribution is 2.31. The van der Waals surface area contributed by atoms with Gasteiger partial charge in [0.1, 0.15) is 11.6 Å².